The molecule has 0 unspecified atom stereocenters. The Bertz CT molecular complexity index is 1550. The molecule has 8 N–H and O–H groups in total. The zero-order valence-electron chi connectivity index (χ0n) is 27.2. The maximum Gasteiger partial charge on any atom is 0.408 e. The predicted octanol–water partition coefficient (Wildman–Crippen LogP) is 0.471. The average Bonchev–Trinajstić information content (AvgIpc) is 3.06. The average molecular weight is 698 g/mol. The summed E-state index contributed by atoms with van der Waals surface area (Å²) in [4.78, 5) is 98.4. The number of alkyl carbamates (subject to hydrolysis) is 1. The quantitative estimate of drug-likeness (QED) is 0.0932. The van der Waals surface area contributed by atoms with Crippen LogP contribution in [0.15, 0.2) is 72.8 Å². The van der Waals surface area contributed by atoms with Gasteiger partial charge < -0.3 is 46.6 Å². The number of hydrogen-bond donors (Lipinski definition) is 8. The number of carbonyl (C=O) groups is 8. The maximum absolute atomic E-state index is 13.7. The molecule has 17 nitrogen and oxygen atoms in total. The summed E-state index contributed by atoms with van der Waals surface area (Å²) in [7, 11) is 0. The van der Waals surface area contributed by atoms with E-state index in [-0.39, 0.29) is 12.2 Å². The fourth-order valence-corrected chi connectivity index (χ4v) is 4.30. The highest BCUT2D eigenvalue weighted by molar-refractivity contribution is 5.96. The number of carboxylic acids is 3. The van der Waals surface area contributed by atoms with Gasteiger partial charge in [0, 0.05) is 6.08 Å². The number of carbonyl (C=O) groups excluding carboxylic acids is 5. The third kappa shape index (κ3) is 14.7. The van der Waals surface area contributed by atoms with E-state index in [1.54, 1.807) is 62.4 Å². The number of hydrogen-bond acceptors (Lipinski definition) is 9. The number of benzene rings is 2. The third-order valence-electron chi connectivity index (χ3n) is 6.74. The van der Waals surface area contributed by atoms with Crippen molar-refractivity contribution in [3.05, 3.63) is 83.9 Å². The third-order valence-corrected chi connectivity index (χ3v) is 6.74. The number of amides is 5. The topological polar surface area (TPSA) is 267 Å². The lowest BCUT2D eigenvalue weighted by atomic mass is 10.00. The SMILES string of the molecule is CC(C)[C@H](NC(=O)[C@@H](NC(=O)[C@H](CC(=O)O)NC(=O)OCc1ccccc1)c1ccccc1)C(=O)N[C@H](/C=C/C(=O)NCC(=O)O)CC(=O)O. The van der Waals surface area contributed by atoms with Gasteiger partial charge in [0.25, 0.3) is 0 Å². The first-order valence-electron chi connectivity index (χ1n) is 15.2. The van der Waals surface area contributed by atoms with Gasteiger partial charge in [-0.1, -0.05) is 80.6 Å². The van der Waals surface area contributed by atoms with E-state index in [0.29, 0.717) is 5.56 Å². The van der Waals surface area contributed by atoms with Gasteiger partial charge in [-0.05, 0) is 17.0 Å². The van der Waals surface area contributed by atoms with E-state index in [0.717, 1.165) is 12.2 Å². The monoisotopic (exact) mass is 697 g/mol. The summed E-state index contributed by atoms with van der Waals surface area (Å²) in [5.41, 5.74) is 0.874. The summed E-state index contributed by atoms with van der Waals surface area (Å²) in [6.45, 7) is 2.31. The number of aliphatic carboxylic acids is 3. The Hall–Kier alpha value is -6.26. The highest BCUT2D eigenvalue weighted by atomic mass is 16.5. The van der Waals surface area contributed by atoms with Gasteiger partial charge in [0.15, 0.2) is 0 Å². The Labute approximate surface area is 286 Å². The summed E-state index contributed by atoms with van der Waals surface area (Å²) < 4.78 is 5.11. The first-order chi connectivity index (χ1) is 23.7. The molecular formula is C33H39N5O12. The zero-order chi connectivity index (χ0) is 37.2. The smallest absolute Gasteiger partial charge is 0.408 e. The molecule has 0 radical (unpaired) electrons. The van der Waals surface area contributed by atoms with Crippen LogP contribution in [0.4, 0.5) is 4.79 Å². The molecule has 4 atom stereocenters. The molecule has 2 aromatic rings. The molecule has 0 saturated carbocycles. The summed E-state index contributed by atoms with van der Waals surface area (Å²) >= 11 is 0. The molecule has 0 spiro atoms. The lowest BCUT2D eigenvalue weighted by Crippen LogP contribution is -2.56. The summed E-state index contributed by atoms with van der Waals surface area (Å²) in [6.07, 6.45) is -0.701. The van der Waals surface area contributed by atoms with E-state index in [1.165, 1.54) is 12.1 Å². The molecule has 0 aliphatic carbocycles. The molecule has 2 aromatic carbocycles. The normalized spacial score (nSPS) is 13.2. The van der Waals surface area contributed by atoms with Crippen LogP contribution in [0.2, 0.25) is 0 Å². The second kappa shape index (κ2) is 20.2. The molecule has 0 fully saturated rings. The minimum Gasteiger partial charge on any atom is -0.481 e. The fourth-order valence-electron chi connectivity index (χ4n) is 4.30. The number of nitrogens with one attached hydrogen (secondary N) is 5. The Morgan fingerprint density at radius 1 is 0.700 bits per heavy atom. The van der Waals surface area contributed by atoms with Gasteiger partial charge in [-0.3, -0.25) is 33.6 Å². The van der Waals surface area contributed by atoms with Crippen molar-refractivity contribution in [2.45, 2.75) is 57.5 Å². The van der Waals surface area contributed by atoms with Crippen LogP contribution in [0, 0.1) is 5.92 Å². The fraction of sp³-hybridized carbons (Fsp3) is 0.333. The van der Waals surface area contributed by atoms with E-state index in [4.69, 9.17) is 9.84 Å². The molecule has 0 aromatic heterocycles. The van der Waals surface area contributed by atoms with Gasteiger partial charge in [-0.15, -0.1) is 0 Å². The van der Waals surface area contributed by atoms with Gasteiger partial charge in [-0.2, -0.15) is 0 Å². The Kier molecular flexibility index (Phi) is 16.1. The van der Waals surface area contributed by atoms with E-state index < -0.39 is 97.1 Å². The van der Waals surface area contributed by atoms with E-state index in [1.807, 2.05) is 0 Å². The standard InChI is InChI=1S/C33H39N5O12/c1-19(2)28(31(47)35-22(15-25(40)41)13-14-24(39)34-17-27(44)45)37-32(48)29(21-11-7-4-8-12-21)38-30(46)23(16-26(42)43)36-33(49)50-18-20-9-5-3-6-10-20/h3-14,19,22-23,28-29H,15-18H2,1-2H3,(H,34,39)(H,35,47)(H,36,49)(H,37,48)(H,38,46)(H,40,41)(H,42,43)(H,44,45)/b14-13+/t22-,23+,28+,29+/m1/s1. The lowest BCUT2D eigenvalue weighted by Gasteiger charge is -2.27. The summed E-state index contributed by atoms with van der Waals surface area (Å²) in [5, 5.41) is 39.1. The van der Waals surface area contributed by atoms with Gasteiger partial charge in [0.1, 0.15) is 31.3 Å². The van der Waals surface area contributed by atoms with Crippen molar-refractivity contribution in [3.63, 3.8) is 0 Å². The maximum atomic E-state index is 13.7. The van der Waals surface area contributed by atoms with E-state index >= 15 is 0 Å². The van der Waals surface area contributed by atoms with Crippen molar-refractivity contribution in [1.82, 2.24) is 26.6 Å². The molecular weight excluding hydrogens is 658 g/mol. The van der Waals surface area contributed by atoms with Crippen molar-refractivity contribution in [2.24, 2.45) is 5.92 Å². The Morgan fingerprint density at radius 3 is 1.86 bits per heavy atom. The van der Waals surface area contributed by atoms with Crippen molar-refractivity contribution >= 4 is 47.6 Å². The van der Waals surface area contributed by atoms with Gasteiger partial charge in [0.05, 0.1) is 18.9 Å². The van der Waals surface area contributed by atoms with Gasteiger partial charge in [0.2, 0.25) is 23.6 Å². The molecule has 0 saturated heterocycles. The van der Waals surface area contributed by atoms with Crippen LogP contribution in [0.5, 0.6) is 0 Å². The van der Waals surface area contributed by atoms with Crippen LogP contribution in [0.3, 0.4) is 0 Å². The van der Waals surface area contributed by atoms with Crippen LogP contribution in [0.1, 0.15) is 43.9 Å². The van der Waals surface area contributed by atoms with Crippen LogP contribution in [-0.4, -0.2) is 87.6 Å². The van der Waals surface area contributed by atoms with Crippen molar-refractivity contribution in [1.29, 1.82) is 0 Å². The second-order valence-electron chi connectivity index (χ2n) is 11.1. The van der Waals surface area contributed by atoms with Crippen molar-refractivity contribution < 1.29 is 58.4 Å². The Balaban J connectivity index is 2.24. The molecule has 0 bridgehead atoms. The first kappa shape index (κ1) is 39.9. The van der Waals surface area contributed by atoms with Crippen molar-refractivity contribution in [2.75, 3.05) is 6.54 Å². The molecule has 50 heavy (non-hydrogen) atoms. The number of rotatable bonds is 19. The van der Waals surface area contributed by atoms with E-state index in [2.05, 4.69) is 26.6 Å². The van der Waals surface area contributed by atoms with Crippen LogP contribution in [0.25, 0.3) is 0 Å². The molecule has 2 rings (SSSR count). The van der Waals surface area contributed by atoms with E-state index in [9.17, 15) is 48.6 Å². The molecule has 17 heteroatoms. The van der Waals surface area contributed by atoms with Gasteiger partial charge in [-0.25, -0.2) is 4.79 Å². The molecule has 268 valence electrons. The second-order valence-corrected chi connectivity index (χ2v) is 11.1. The lowest BCUT2D eigenvalue weighted by molar-refractivity contribution is -0.140. The zero-order valence-corrected chi connectivity index (χ0v) is 27.2. The molecule has 5 amide bonds. The minimum absolute atomic E-state index is 0.164. The number of carboxylic acid groups (broad SMARTS) is 3. The molecule has 0 aliphatic heterocycles. The summed E-state index contributed by atoms with van der Waals surface area (Å²) in [6, 6.07) is 10.6. The van der Waals surface area contributed by atoms with Gasteiger partial charge >= 0.3 is 24.0 Å². The predicted molar refractivity (Wildman–Crippen MR) is 174 cm³/mol. The first-order valence-corrected chi connectivity index (χ1v) is 15.2. The Morgan fingerprint density at radius 2 is 1.30 bits per heavy atom. The molecule has 0 aliphatic rings. The van der Waals surface area contributed by atoms with Crippen LogP contribution in [-0.2, 0) is 44.9 Å². The van der Waals surface area contributed by atoms with Crippen LogP contribution < -0.4 is 26.6 Å². The number of ether oxygens (including phenoxy) is 1. The molecule has 0 heterocycles. The largest absolute Gasteiger partial charge is 0.481 e. The summed E-state index contributed by atoms with van der Waals surface area (Å²) in [5.74, 6) is -8.33. The minimum atomic E-state index is -1.67. The van der Waals surface area contributed by atoms with Crippen molar-refractivity contribution in [3.8, 4) is 0 Å². The highest BCUT2D eigenvalue weighted by Gasteiger charge is 2.33. The van der Waals surface area contributed by atoms with Crippen LogP contribution >= 0.6 is 0 Å². The highest BCUT2D eigenvalue weighted by Crippen LogP contribution is 2.16.